The van der Waals surface area contributed by atoms with Crippen molar-refractivity contribution < 1.29 is 0 Å². The van der Waals surface area contributed by atoms with Crippen LogP contribution in [0.5, 0.6) is 0 Å². The molecule has 17 heavy (non-hydrogen) atoms. The number of hydrogen-bond acceptors (Lipinski definition) is 2. The first-order valence-corrected chi connectivity index (χ1v) is 8.47. The minimum Gasteiger partial charge on any atom is -0.313 e. The topological polar surface area (TPSA) is 12.0 Å². The average molecular weight is 363 g/mol. The number of hydrogen-bond donors (Lipinski definition) is 1. The molecule has 0 aromatic carbocycles. The SMILES string of the molecule is CNC(c1csc(I)c1)C1CC(C)CC(C)C1. The van der Waals surface area contributed by atoms with Gasteiger partial charge >= 0.3 is 0 Å². The van der Waals surface area contributed by atoms with E-state index in [1.165, 1.54) is 27.7 Å². The van der Waals surface area contributed by atoms with Crippen LogP contribution < -0.4 is 5.32 Å². The first kappa shape index (κ1) is 13.8. The number of rotatable bonds is 3. The van der Waals surface area contributed by atoms with E-state index in [1.807, 2.05) is 11.3 Å². The molecule has 1 fully saturated rings. The Bertz CT molecular complexity index is 353. The Labute approximate surface area is 123 Å². The van der Waals surface area contributed by atoms with E-state index in [2.05, 4.69) is 60.2 Å². The molecule has 1 nitrogen and oxygen atoms in total. The highest BCUT2D eigenvalue weighted by Crippen LogP contribution is 2.40. The zero-order chi connectivity index (χ0) is 12.4. The first-order chi connectivity index (χ1) is 8.10. The Morgan fingerprint density at radius 3 is 2.41 bits per heavy atom. The second-order valence-corrected chi connectivity index (χ2v) is 8.43. The standard InChI is InChI=1S/C14H22INS/c1-9-4-10(2)6-11(5-9)14(16-3)12-7-13(15)17-8-12/h7-11,14,16H,4-6H2,1-3H3. The van der Waals surface area contributed by atoms with Gasteiger partial charge in [0.1, 0.15) is 0 Å². The van der Waals surface area contributed by atoms with Gasteiger partial charge in [-0.25, -0.2) is 0 Å². The van der Waals surface area contributed by atoms with Gasteiger partial charge in [0, 0.05) is 6.04 Å². The summed E-state index contributed by atoms with van der Waals surface area (Å²) in [5, 5.41) is 5.87. The van der Waals surface area contributed by atoms with Crippen LogP contribution in [0.15, 0.2) is 11.4 Å². The van der Waals surface area contributed by atoms with Crippen LogP contribution >= 0.6 is 33.9 Å². The van der Waals surface area contributed by atoms with Crippen LogP contribution in [-0.2, 0) is 0 Å². The molecular weight excluding hydrogens is 341 g/mol. The lowest BCUT2D eigenvalue weighted by molar-refractivity contribution is 0.181. The number of nitrogens with one attached hydrogen (secondary N) is 1. The smallest absolute Gasteiger partial charge is 0.0656 e. The van der Waals surface area contributed by atoms with Crippen LogP contribution in [-0.4, -0.2) is 7.05 Å². The largest absolute Gasteiger partial charge is 0.313 e. The van der Waals surface area contributed by atoms with Crippen molar-refractivity contribution >= 4 is 33.9 Å². The van der Waals surface area contributed by atoms with Gasteiger partial charge in [0.2, 0.25) is 0 Å². The zero-order valence-electron chi connectivity index (χ0n) is 10.9. The van der Waals surface area contributed by atoms with Crippen molar-refractivity contribution in [3.8, 4) is 0 Å². The molecule has 2 rings (SSSR count). The Morgan fingerprint density at radius 2 is 1.94 bits per heavy atom. The lowest BCUT2D eigenvalue weighted by atomic mass is 9.73. The van der Waals surface area contributed by atoms with Crippen molar-refractivity contribution in [1.82, 2.24) is 5.32 Å². The van der Waals surface area contributed by atoms with E-state index in [4.69, 9.17) is 0 Å². The number of halogens is 1. The van der Waals surface area contributed by atoms with Crippen molar-refractivity contribution in [3.63, 3.8) is 0 Å². The minimum atomic E-state index is 0.556. The van der Waals surface area contributed by atoms with Crippen LogP contribution in [0.1, 0.15) is 44.7 Å². The van der Waals surface area contributed by atoms with Crippen molar-refractivity contribution in [2.24, 2.45) is 17.8 Å². The Balaban J connectivity index is 2.12. The first-order valence-electron chi connectivity index (χ1n) is 6.51. The second kappa shape index (κ2) is 6.02. The van der Waals surface area contributed by atoms with Crippen LogP contribution in [0.2, 0.25) is 0 Å². The van der Waals surface area contributed by atoms with Gasteiger partial charge in [0.05, 0.1) is 2.88 Å². The molecule has 3 heteroatoms. The van der Waals surface area contributed by atoms with Gasteiger partial charge in [-0.2, -0.15) is 0 Å². The van der Waals surface area contributed by atoms with Crippen molar-refractivity contribution in [3.05, 3.63) is 19.9 Å². The van der Waals surface area contributed by atoms with Crippen LogP contribution in [0.25, 0.3) is 0 Å². The summed E-state index contributed by atoms with van der Waals surface area (Å²) in [4.78, 5) is 0. The van der Waals surface area contributed by atoms with Gasteiger partial charge < -0.3 is 5.32 Å². The highest BCUT2D eigenvalue weighted by atomic mass is 127. The Hall–Kier alpha value is 0.390. The molecular formula is C14H22INS. The second-order valence-electron chi connectivity index (χ2n) is 5.63. The summed E-state index contributed by atoms with van der Waals surface area (Å²) in [6, 6.07) is 2.90. The predicted molar refractivity (Wildman–Crippen MR) is 84.5 cm³/mol. The average Bonchev–Trinajstić information content (AvgIpc) is 2.64. The van der Waals surface area contributed by atoms with Gasteiger partial charge in [-0.3, -0.25) is 0 Å². The monoisotopic (exact) mass is 363 g/mol. The molecule has 1 aliphatic carbocycles. The number of thiophene rings is 1. The quantitative estimate of drug-likeness (QED) is 0.769. The highest BCUT2D eigenvalue weighted by Gasteiger charge is 2.30. The normalized spacial score (nSPS) is 31.4. The molecule has 1 aromatic rings. The van der Waals surface area contributed by atoms with Gasteiger partial charge in [-0.05, 0) is 83.7 Å². The third-order valence-corrected chi connectivity index (χ3v) is 5.75. The van der Waals surface area contributed by atoms with E-state index in [9.17, 15) is 0 Å². The summed E-state index contributed by atoms with van der Waals surface area (Å²) >= 11 is 4.28. The summed E-state index contributed by atoms with van der Waals surface area (Å²) in [5.74, 6) is 2.58. The minimum absolute atomic E-state index is 0.556. The van der Waals surface area contributed by atoms with E-state index < -0.39 is 0 Å². The maximum absolute atomic E-state index is 3.55. The molecule has 1 aliphatic rings. The van der Waals surface area contributed by atoms with Gasteiger partial charge in [0.25, 0.3) is 0 Å². The lowest BCUT2D eigenvalue weighted by Crippen LogP contribution is -2.31. The highest BCUT2D eigenvalue weighted by molar-refractivity contribution is 14.1. The molecule has 1 N–H and O–H groups in total. The molecule has 3 unspecified atom stereocenters. The maximum atomic E-state index is 3.55. The van der Waals surface area contributed by atoms with Crippen molar-refractivity contribution in [1.29, 1.82) is 0 Å². The zero-order valence-corrected chi connectivity index (χ0v) is 13.8. The predicted octanol–water partition coefficient (Wildman–Crippen LogP) is 4.69. The van der Waals surface area contributed by atoms with Crippen LogP contribution in [0.3, 0.4) is 0 Å². The molecule has 0 aliphatic heterocycles. The summed E-state index contributed by atoms with van der Waals surface area (Å²) in [6.07, 6.45) is 4.17. The fourth-order valence-electron chi connectivity index (χ4n) is 3.44. The molecule has 1 aromatic heterocycles. The third kappa shape index (κ3) is 3.44. The van der Waals surface area contributed by atoms with E-state index in [1.54, 1.807) is 0 Å². The molecule has 0 bridgehead atoms. The van der Waals surface area contributed by atoms with Gasteiger partial charge in [0.15, 0.2) is 0 Å². The van der Waals surface area contributed by atoms with Crippen molar-refractivity contribution in [2.45, 2.75) is 39.2 Å². The molecule has 0 amide bonds. The Morgan fingerprint density at radius 1 is 1.29 bits per heavy atom. The van der Waals surface area contributed by atoms with E-state index in [0.717, 1.165) is 17.8 Å². The van der Waals surface area contributed by atoms with Crippen LogP contribution in [0.4, 0.5) is 0 Å². The molecule has 96 valence electrons. The lowest BCUT2D eigenvalue weighted by Gasteiger charge is -2.36. The maximum Gasteiger partial charge on any atom is 0.0656 e. The molecule has 1 heterocycles. The van der Waals surface area contributed by atoms with E-state index >= 15 is 0 Å². The van der Waals surface area contributed by atoms with Gasteiger partial charge in [-0.15, -0.1) is 11.3 Å². The van der Waals surface area contributed by atoms with Crippen LogP contribution in [0, 0.1) is 20.6 Å². The molecule has 0 saturated heterocycles. The fourth-order valence-corrected chi connectivity index (χ4v) is 4.85. The molecule has 1 saturated carbocycles. The summed E-state index contributed by atoms with van der Waals surface area (Å²) in [7, 11) is 2.11. The molecule has 0 radical (unpaired) electrons. The van der Waals surface area contributed by atoms with E-state index in [0.29, 0.717) is 6.04 Å². The third-order valence-electron chi connectivity index (χ3n) is 3.94. The summed E-state index contributed by atoms with van der Waals surface area (Å²) in [5.41, 5.74) is 1.49. The van der Waals surface area contributed by atoms with Gasteiger partial charge in [-0.1, -0.05) is 13.8 Å². The Kier molecular flexibility index (Phi) is 4.89. The molecule has 3 atom stereocenters. The van der Waals surface area contributed by atoms with Crippen molar-refractivity contribution in [2.75, 3.05) is 7.05 Å². The van der Waals surface area contributed by atoms with E-state index in [-0.39, 0.29) is 0 Å². The fraction of sp³-hybridized carbons (Fsp3) is 0.714. The molecule has 0 spiro atoms. The summed E-state index contributed by atoms with van der Waals surface area (Å²) < 4.78 is 1.40. The summed E-state index contributed by atoms with van der Waals surface area (Å²) in [6.45, 7) is 4.82.